The van der Waals surface area contributed by atoms with Gasteiger partial charge in [-0.2, -0.15) is 0 Å². The second kappa shape index (κ2) is 10.9. The van der Waals surface area contributed by atoms with Gasteiger partial charge in [0.1, 0.15) is 17.3 Å². The minimum atomic E-state index is -0.709. The van der Waals surface area contributed by atoms with Gasteiger partial charge >= 0.3 is 0 Å². The molecule has 2 aromatic carbocycles. The molecule has 0 spiro atoms. The summed E-state index contributed by atoms with van der Waals surface area (Å²) in [5.74, 6) is -0.190. The number of aliphatic hydroxyl groups is 1. The maximum absolute atomic E-state index is 13.2. The molecule has 1 atom stereocenters. The van der Waals surface area contributed by atoms with E-state index in [0.717, 1.165) is 12.0 Å². The summed E-state index contributed by atoms with van der Waals surface area (Å²) < 4.78 is 12.8. The Balaban J connectivity index is 1.68. The van der Waals surface area contributed by atoms with Crippen LogP contribution in [0.15, 0.2) is 72.8 Å². The molecule has 0 saturated carbocycles. The molecule has 0 unspecified atom stereocenters. The van der Waals surface area contributed by atoms with Crippen molar-refractivity contribution in [2.24, 2.45) is 0 Å². The van der Waals surface area contributed by atoms with Crippen LogP contribution in [0.2, 0.25) is 0 Å². The van der Waals surface area contributed by atoms with Gasteiger partial charge in [-0.25, -0.2) is 4.98 Å². The topological polar surface area (TPSA) is 93.9 Å². The summed E-state index contributed by atoms with van der Waals surface area (Å²) in [6, 6.07) is 13.3. The van der Waals surface area contributed by atoms with Crippen LogP contribution in [0.4, 0.5) is 0 Å². The summed E-state index contributed by atoms with van der Waals surface area (Å²) in [7, 11) is 1.57. The van der Waals surface area contributed by atoms with E-state index < -0.39 is 17.7 Å². The van der Waals surface area contributed by atoms with E-state index in [2.05, 4.69) is 4.98 Å². The number of Topliss-reactive ketones (excluding diaryl/α,β-unsaturated/α-hetero) is 1. The van der Waals surface area contributed by atoms with Crippen molar-refractivity contribution >= 4 is 17.4 Å². The van der Waals surface area contributed by atoms with Gasteiger partial charge in [-0.05, 0) is 54.8 Å². The molecular formula is C27H29N3O5. The van der Waals surface area contributed by atoms with E-state index in [9.17, 15) is 14.7 Å². The third-order valence-electron chi connectivity index (χ3n) is 5.95. The molecule has 8 nitrogen and oxygen atoms in total. The monoisotopic (exact) mass is 475 g/mol. The number of ether oxygens (including phenoxy) is 2. The molecule has 1 fully saturated rings. The minimum absolute atomic E-state index is 0.0741. The Labute approximate surface area is 204 Å². The van der Waals surface area contributed by atoms with Crippen LogP contribution in [0.25, 0.3) is 5.76 Å². The Morgan fingerprint density at radius 1 is 1.03 bits per heavy atom. The first-order valence-electron chi connectivity index (χ1n) is 11.6. The largest absolute Gasteiger partial charge is 0.507 e. The average molecular weight is 476 g/mol. The summed E-state index contributed by atoms with van der Waals surface area (Å²) in [6.07, 6.45) is 6.77. The van der Waals surface area contributed by atoms with E-state index in [4.69, 9.17) is 9.47 Å². The first-order valence-corrected chi connectivity index (χ1v) is 11.6. The Hall–Kier alpha value is -4.07. The van der Waals surface area contributed by atoms with Crippen molar-refractivity contribution in [2.45, 2.75) is 32.4 Å². The first-order chi connectivity index (χ1) is 17.0. The number of amides is 1. The van der Waals surface area contributed by atoms with E-state index >= 15 is 0 Å². The summed E-state index contributed by atoms with van der Waals surface area (Å²) in [4.78, 5) is 31.8. The molecule has 0 radical (unpaired) electrons. The standard InChI is InChI=1S/C27H29N3O5/c1-3-17-35-22-11-7-20(8-12-22)25(31)23-24(19-5-9-21(34-2)10-6-19)30(27(33)26(23)32)15-4-14-29-16-13-28-18-29/h5-13,16,18,24,31H,3-4,14-15,17H2,1-2H3/b25-23+/t24-/m0/s1. The van der Waals surface area contributed by atoms with Crippen LogP contribution in [-0.2, 0) is 16.1 Å². The fraction of sp³-hybridized carbons (Fsp3) is 0.296. The Kier molecular flexibility index (Phi) is 7.50. The lowest BCUT2D eigenvalue weighted by molar-refractivity contribution is -0.139. The van der Waals surface area contributed by atoms with Gasteiger partial charge in [-0.15, -0.1) is 0 Å². The predicted molar refractivity (Wildman–Crippen MR) is 131 cm³/mol. The van der Waals surface area contributed by atoms with Crippen LogP contribution in [0, 0.1) is 0 Å². The number of ketones is 1. The highest BCUT2D eigenvalue weighted by Crippen LogP contribution is 2.40. The maximum atomic E-state index is 13.2. The van der Waals surface area contributed by atoms with E-state index in [1.165, 1.54) is 4.90 Å². The normalized spacial score (nSPS) is 17.1. The fourth-order valence-corrected chi connectivity index (χ4v) is 4.17. The highest BCUT2D eigenvalue weighted by molar-refractivity contribution is 6.46. The molecule has 3 aromatic rings. The lowest BCUT2D eigenvalue weighted by Gasteiger charge is -2.25. The molecule has 1 amide bonds. The number of carbonyl (C=O) groups is 2. The van der Waals surface area contributed by atoms with Gasteiger partial charge in [0, 0.05) is 31.0 Å². The van der Waals surface area contributed by atoms with Crippen molar-refractivity contribution < 1.29 is 24.2 Å². The van der Waals surface area contributed by atoms with E-state index in [0.29, 0.717) is 43.2 Å². The molecule has 0 aliphatic carbocycles. The van der Waals surface area contributed by atoms with Crippen molar-refractivity contribution in [3.05, 3.63) is 84.0 Å². The fourth-order valence-electron chi connectivity index (χ4n) is 4.17. The van der Waals surface area contributed by atoms with Crippen molar-refractivity contribution in [2.75, 3.05) is 20.3 Å². The smallest absolute Gasteiger partial charge is 0.295 e. The number of nitrogens with zero attached hydrogens (tertiary/aromatic N) is 3. The maximum Gasteiger partial charge on any atom is 0.295 e. The van der Waals surface area contributed by atoms with Crippen LogP contribution in [0.3, 0.4) is 0 Å². The van der Waals surface area contributed by atoms with E-state index in [1.54, 1.807) is 56.0 Å². The predicted octanol–water partition coefficient (Wildman–Crippen LogP) is 4.19. The molecule has 1 saturated heterocycles. The van der Waals surface area contributed by atoms with Gasteiger partial charge in [0.15, 0.2) is 0 Å². The van der Waals surface area contributed by atoms with Gasteiger partial charge in [0.05, 0.1) is 31.7 Å². The third-order valence-corrected chi connectivity index (χ3v) is 5.95. The molecule has 1 aromatic heterocycles. The van der Waals surface area contributed by atoms with Crippen LogP contribution in [-0.4, -0.2) is 51.5 Å². The number of rotatable bonds is 10. The number of hydrogen-bond donors (Lipinski definition) is 1. The minimum Gasteiger partial charge on any atom is -0.507 e. The number of aliphatic hydroxyl groups excluding tert-OH is 1. The number of hydrogen-bond acceptors (Lipinski definition) is 6. The molecule has 1 aliphatic rings. The highest BCUT2D eigenvalue weighted by Gasteiger charge is 2.45. The summed E-state index contributed by atoms with van der Waals surface area (Å²) >= 11 is 0. The van der Waals surface area contributed by atoms with Crippen molar-refractivity contribution in [1.29, 1.82) is 0 Å². The lowest BCUT2D eigenvalue weighted by Crippen LogP contribution is -2.31. The van der Waals surface area contributed by atoms with E-state index in [-0.39, 0.29) is 11.3 Å². The lowest BCUT2D eigenvalue weighted by atomic mass is 9.95. The van der Waals surface area contributed by atoms with Crippen molar-refractivity contribution in [3.63, 3.8) is 0 Å². The van der Waals surface area contributed by atoms with Gasteiger partial charge in [-0.1, -0.05) is 19.1 Å². The second-order valence-corrected chi connectivity index (χ2v) is 8.29. The molecule has 0 bridgehead atoms. The van der Waals surface area contributed by atoms with Gasteiger partial charge in [0.2, 0.25) is 0 Å². The summed E-state index contributed by atoms with van der Waals surface area (Å²) in [5, 5.41) is 11.2. The average Bonchev–Trinajstić information content (AvgIpc) is 3.50. The number of carbonyl (C=O) groups excluding carboxylic acids is 2. The summed E-state index contributed by atoms with van der Waals surface area (Å²) in [6.45, 7) is 3.61. The molecular weight excluding hydrogens is 446 g/mol. The molecule has 182 valence electrons. The number of likely N-dealkylation sites (tertiary alicyclic amines) is 1. The Bertz CT molecular complexity index is 1180. The molecule has 8 heteroatoms. The number of imidazole rings is 1. The van der Waals surface area contributed by atoms with Crippen LogP contribution >= 0.6 is 0 Å². The molecule has 2 heterocycles. The first kappa shape index (κ1) is 24.1. The Morgan fingerprint density at radius 3 is 2.37 bits per heavy atom. The van der Waals surface area contributed by atoms with Gasteiger partial charge < -0.3 is 24.0 Å². The van der Waals surface area contributed by atoms with E-state index in [1.807, 2.05) is 29.8 Å². The second-order valence-electron chi connectivity index (χ2n) is 8.29. The molecule has 1 aliphatic heterocycles. The van der Waals surface area contributed by atoms with Gasteiger partial charge in [0.25, 0.3) is 11.7 Å². The highest BCUT2D eigenvalue weighted by atomic mass is 16.5. The van der Waals surface area contributed by atoms with Crippen LogP contribution in [0.1, 0.15) is 36.9 Å². The zero-order valence-electron chi connectivity index (χ0n) is 19.9. The molecule has 35 heavy (non-hydrogen) atoms. The third kappa shape index (κ3) is 5.21. The van der Waals surface area contributed by atoms with Gasteiger partial charge in [-0.3, -0.25) is 9.59 Å². The van der Waals surface area contributed by atoms with Crippen molar-refractivity contribution in [3.8, 4) is 11.5 Å². The van der Waals surface area contributed by atoms with Crippen LogP contribution < -0.4 is 9.47 Å². The quantitative estimate of drug-likeness (QED) is 0.268. The van der Waals surface area contributed by atoms with Crippen LogP contribution in [0.5, 0.6) is 11.5 Å². The molecule has 1 N–H and O–H groups in total. The zero-order valence-corrected chi connectivity index (χ0v) is 19.9. The SMILES string of the molecule is CCCOc1ccc(/C(O)=C2\C(=O)C(=O)N(CCCn3ccnc3)[C@H]2c2ccc(OC)cc2)cc1. The van der Waals surface area contributed by atoms with Crippen molar-refractivity contribution in [1.82, 2.24) is 14.5 Å². The number of methoxy groups -OCH3 is 1. The zero-order chi connectivity index (χ0) is 24.8. The number of aromatic nitrogens is 2. The number of aryl methyl sites for hydroxylation is 1. The summed E-state index contributed by atoms with van der Waals surface area (Å²) in [5.41, 5.74) is 1.24. The Morgan fingerprint density at radius 2 is 1.74 bits per heavy atom. The number of benzene rings is 2. The molecule has 4 rings (SSSR count).